The van der Waals surface area contributed by atoms with Gasteiger partial charge in [0, 0.05) is 23.3 Å². The Kier molecular flexibility index (Phi) is 6.44. The average molecular weight is 499 g/mol. The Morgan fingerprint density at radius 3 is 2.39 bits per heavy atom. The molecule has 1 aromatic heterocycles. The summed E-state index contributed by atoms with van der Waals surface area (Å²) in [5, 5.41) is 11.6. The molecule has 3 fully saturated rings. The van der Waals surface area contributed by atoms with Gasteiger partial charge in [-0.2, -0.15) is 5.10 Å². The van der Waals surface area contributed by atoms with Crippen LogP contribution in [0.5, 0.6) is 0 Å². The van der Waals surface area contributed by atoms with Crippen LogP contribution < -0.4 is 10.6 Å². The second-order valence-corrected chi connectivity index (χ2v) is 13.9. The molecule has 1 aromatic rings. The number of hydrogen-bond acceptors (Lipinski definition) is 4. The summed E-state index contributed by atoms with van der Waals surface area (Å²) in [6.45, 7) is 12.6. The zero-order valence-corrected chi connectivity index (χ0v) is 23.2. The maximum Gasteiger partial charge on any atom is 0.407 e. The SMILES string of the molecule is CC(C)(C)OC(=O)NC1CCc2c(c(C(=O)NC3C4(C)CCC(C4)C3(C)C)nn2C2CCCCC2)C1. The lowest BCUT2D eigenvalue weighted by Crippen LogP contribution is -2.52. The third kappa shape index (κ3) is 4.67. The number of carbonyl (C=O) groups excluding carboxylic acids is 2. The molecule has 0 spiro atoms. The Hall–Kier alpha value is -2.05. The molecular formula is C29H46N4O3. The van der Waals surface area contributed by atoms with Crippen LogP contribution in [0.1, 0.15) is 127 Å². The molecule has 36 heavy (non-hydrogen) atoms. The summed E-state index contributed by atoms with van der Waals surface area (Å²) in [5.74, 6) is 0.634. The predicted octanol–water partition coefficient (Wildman–Crippen LogP) is 5.71. The molecule has 5 rings (SSSR count). The molecule has 1 heterocycles. The van der Waals surface area contributed by atoms with Crippen LogP contribution >= 0.6 is 0 Å². The highest BCUT2D eigenvalue weighted by Crippen LogP contribution is 2.62. The van der Waals surface area contributed by atoms with Crippen LogP contribution in [-0.2, 0) is 17.6 Å². The van der Waals surface area contributed by atoms with Crippen LogP contribution in [0.15, 0.2) is 0 Å². The van der Waals surface area contributed by atoms with Gasteiger partial charge in [0.05, 0.1) is 6.04 Å². The fraction of sp³-hybridized carbons (Fsp3) is 0.828. The first-order valence-electron chi connectivity index (χ1n) is 14.3. The zero-order valence-electron chi connectivity index (χ0n) is 23.2. The van der Waals surface area contributed by atoms with Crippen molar-refractivity contribution in [1.82, 2.24) is 20.4 Å². The first-order chi connectivity index (χ1) is 16.9. The third-order valence-electron chi connectivity index (χ3n) is 9.70. The number of alkyl carbamates (subject to hydrolysis) is 1. The molecule has 2 amide bonds. The van der Waals surface area contributed by atoms with Crippen molar-refractivity contribution in [1.29, 1.82) is 0 Å². The van der Waals surface area contributed by atoms with Gasteiger partial charge in [-0.15, -0.1) is 0 Å². The van der Waals surface area contributed by atoms with E-state index in [-0.39, 0.29) is 28.8 Å². The summed E-state index contributed by atoms with van der Waals surface area (Å²) in [4.78, 5) is 26.4. The second kappa shape index (κ2) is 9.05. The quantitative estimate of drug-likeness (QED) is 0.556. The van der Waals surface area contributed by atoms with Crippen molar-refractivity contribution in [2.45, 2.75) is 136 Å². The van der Waals surface area contributed by atoms with Gasteiger partial charge in [-0.1, -0.05) is 40.0 Å². The summed E-state index contributed by atoms with van der Waals surface area (Å²) in [5.41, 5.74) is 2.52. The van der Waals surface area contributed by atoms with E-state index < -0.39 is 11.7 Å². The Labute approximate surface area is 216 Å². The fourth-order valence-electron chi connectivity index (χ4n) is 7.91. The minimum absolute atomic E-state index is 0.0365. The van der Waals surface area contributed by atoms with Gasteiger partial charge in [0.2, 0.25) is 0 Å². The molecule has 7 nitrogen and oxygen atoms in total. The van der Waals surface area contributed by atoms with Gasteiger partial charge >= 0.3 is 6.09 Å². The van der Waals surface area contributed by atoms with Crippen molar-refractivity contribution >= 4 is 12.0 Å². The van der Waals surface area contributed by atoms with Gasteiger partial charge in [-0.3, -0.25) is 9.48 Å². The van der Waals surface area contributed by atoms with E-state index in [1.165, 1.54) is 44.2 Å². The maximum absolute atomic E-state index is 13.9. The normalized spacial score (nSPS) is 31.7. The number of nitrogens with one attached hydrogen (secondary N) is 2. The largest absolute Gasteiger partial charge is 0.444 e. The van der Waals surface area contributed by atoms with Gasteiger partial charge in [0.25, 0.3) is 5.91 Å². The molecule has 0 saturated heterocycles. The van der Waals surface area contributed by atoms with Gasteiger partial charge in [0.15, 0.2) is 5.69 Å². The van der Waals surface area contributed by atoms with E-state index in [9.17, 15) is 9.59 Å². The van der Waals surface area contributed by atoms with Crippen LogP contribution in [0.2, 0.25) is 0 Å². The summed E-state index contributed by atoms with van der Waals surface area (Å²) < 4.78 is 7.70. The lowest BCUT2D eigenvalue weighted by molar-refractivity contribution is 0.0500. The molecule has 0 aliphatic heterocycles. The summed E-state index contributed by atoms with van der Waals surface area (Å²) in [6, 6.07) is 0.478. The molecule has 4 unspecified atom stereocenters. The highest BCUT2D eigenvalue weighted by Gasteiger charge is 2.59. The Morgan fingerprint density at radius 2 is 1.75 bits per heavy atom. The fourth-order valence-corrected chi connectivity index (χ4v) is 7.91. The topological polar surface area (TPSA) is 85.2 Å². The molecule has 4 aliphatic rings. The number of hydrogen-bond donors (Lipinski definition) is 2. The molecule has 3 saturated carbocycles. The van der Waals surface area contributed by atoms with Crippen molar-refractivity contribution in [3.63, 3.8) is 0 Å². The smallest absolute Gasteiger partial charge is 0.407 e. The minimum Gasteiger partial charge on any atom is -0.444 e. The highest BCUT2D eigenvalue weighted by molar-refractivity contribution is 5.94. The van der Waals surface area contributed by atoms with Gasteiger partial charge in [-0.25, -0.2) is 4.79 Å². The van der Waals surface area contributed by atoms with E-state index in [0.717, 1.165) is 31.2 Å². The summed E-state index contributed by atoms with van der Waals surface area (Å²) in [6.07, 6.45) is 11.5. The van der Waals surface area contributed by atoms with Crippen molar-refractivity contribution in [3.8, 4) is 0 Å². The van der Waals surface area contributed by atoms with Crippen LogP contribution in [0.4, 0.5) is 4.79 Å². The number of amides is 2. The van der Waals surface area contributed by atoms with Gasteiger partial charge in [-0.05, 0) is 88.9 Å². The molecule has 7 heteroatoms. The lowest BCUT2D eigenvalue weighted by Gasteiger charge is -2.43. The molecular weight excluding hydrogens is 452 g/mol. The Morgan fingerprint density at radius 1 is 1.03 bits per heavy atom. The van der Waals surface area contributed by atoms with Crippen LogP contribution in [0.3, 0.4) is 0 Å². The molecule has 0 radical (unpaired) electrons. The van der Waals surface area contributed by atoms with Crippen molar-refractivity contribution < 1.29 is 14.3 Å². The molecule has 2 bridgehead atoms. The van der Waals surface area contributed by atoms with Crippen LogP contribution in [-0.4, -0.2) is 39.5 Å². The molecule has 2 N–H and O–H groups in total. The monoisotopic (exact) mass is 498 g/mol. The number of nitrogens with zero attached hydrogens (tertiary/aromatic N) is 2. The minimum atomic E-state index is -0.537. The molecule has 4 atom stereocenters. The van der Waals surface area contributed by atoms with Crippen molar-refractivity contribution in [3.05, 3.63) is 17.0 Å². The van der Waals surface area contributed by atoms with E-state index in [0.29, 0.717) is 24.1 Å². The highest BCUT2D eigenvalue weighted by atomic mass is 16.6. The number of rotatable bonds is 4. The molecule has 0 aromatic carbocycles. The van der Waals surface area contributed by atoms with E-state index >= 15 is 0 Å². The Balaban J connectivity index is 1.40. The lowest BCUT2D eigenvalue weighted by atomic mass is 9.68. The first kappa shape index (κ1) is 25.6. The van der Waals surface area contributed by atoms with Crippen LogP contribution in [0, 0.1) is 16.7 Å². The van der Waals surface area contributed by atoms with E-state index in [4.69, 9.17) is 9.84 Å². The van der Waals surface area contributed by atoms with E-state index in [1.807, 2.05) is 20.8 Å². The zero-order chi connectivity index (χ0) is 25.9. The van der Waals surface area contributed by atoms with E-state index in [1.54, 1.807) is 0 Å². The first-order valence-corrected chi connectivity index (χ1v) is 14.3. The van der Waals surface area contributed by atoms with Gasteiger partial charge in [0.1, 0.15) is 5.60 Å². The average Bonchev–Trinajstić information content (AvgIpc) is 3.42. The Bertz CT molecular complexity index is 1010. The van der Waals surface area contributed by atoms with Crippen molar-refractivity contribution in [2.24, 2.45) is 16.7 Å². The number of carbonyl (C=O) groups is 2. The number of fused-ring (bicyclic) bond motifs is 3. The molecule has 200 valence electrons. The second-order valence-electron chi connectivity index (χ2n) is 13.9. The maximum atomic E-state index is 13.9. The van der Waals surface area contributed by atoms with E-state index in [2.05, 4.69) is 36.1 Å². The van der Waals surface area contributed by atoms with Crippen LogP contribution in [0.25, 0.3) is 0 Å². The standard InChI is InChI=1S/C29H46N4O3/c1-27(2,3)36-26(35)30-19-12-13-22-21(16-19)23(32-33(22)20-10-8-7-9-11-20)24(34)31-25-28(4,5)18-14-15-29(25,6)17-18/h18-20,25H,7-17H2,1-6H3,(H,30,35)(H,31,34). The third-order valence-corrected chi connectivity index (χ3v) is 9.70. The summed E-state index contributed by atoms with van der Waals surface area (Å²) in [7, 11) is 0. The summed E-state index contributed by atoms with van der Waals surface area (Å²) >= 11 is 0. The predicted molar refractivity (Wildman–Crippen MR) is 140 cm³/mol. The number of ether oxygens (including phenoxy) is 1. The van der Waals surface area contributed by atoms with Gasteiger partial charge < -0.3 is 15.4 Å². The molecule has 4 aliphatic carbocycles. The number of aromatic nitrogens is 2. The van der Waals surface area contributed by atoms with Crippen molar-refractivity contribution in [2.75, 3.05) is 0 Å².